The zero-order valence-electron chi connectivity index (χ0n) is 14.2. The lowest BCUT2D eigenvalue weighted by molar-refractivity contribution is -0.125. The van der Waals surface area contributed by atoms with Crippen LogP contribution in [0.3, 0.4) is 0 Å². The van der Waals surface area contributed by atoms with Crippen molar-refractivity contribution in [2.24, 2.45) is 5.92 Å². The molecular formula is C19H27N3O2. The summed E-state index contributed by atoms with van der Waals surface area (Å²) in [5.41, 5.74) is 1.77. The van der Waals surface area contributed by atoms with Crippen molar-refractivity contribution in [1.82, 2.24) is 15.5 Å². The molecule has 0 aromatic heterocycles. The summed E-state index contributed by atoms with van der Waals surface area (Å²) >= 11 is 0. The minimum Gasteiger partial charge on any atom is -0.352 e. The molecule has 3 rings (SSSR count). The third-order valence-electron chi connectivity index (χ3n) is 4.98. The Bertz CT molecular complexity index is 558. The maximum atomic E-state index is 12.4. The maximum absolute atomic E-state index is 12.4. The zero-order chi connectivity index (χ0) is 16.8. The van der Waals surface area contributed by atoms with Gasteiger partial charge in [0.15, 0.2) is 0 Å². The molecule has 2 heterocycles. The Hall–Kier alpha value is -1.88. The van der Waals surface area contributed by atoms with Gasteiger partial charge in [0, 0.05) is 31.7 Å². The highest BCUT2D eigenvalue weighted by Crippen LogP contribution is 2.14. The van der Waals surface area contributed by atoms with Crippen molar-refractivity contribution in [3.8, 4) is 0 Å². The highest BCUT2D eigenvalue weighted by molar-refractivity contribution is 5.94. The molecule has 24 heavy (non-hydrogen) atoms. The van der Waals surface area contributed by atoms with Gasteiger partial charge in [0.25, 0.3) is 5.91 Å². The summed E-state index contributed by atoms with van der Waals surface area (Å²) in [6.45, 7) is 4.04. The standard InChI is InChI=1S/C19H27N3O2/c23-18(17-5-4-10-20-14-17)21-13-15-6-8-16(9-7-15)19(24)22-11-2-1-3-12-22/h6-9,17,20H,1-5,10-14H2,(H,21,23). The van der Waals surface area contributed by atoms with Gasteiger partial charge >= 0.3 is 0 Å². The van der Waals surface area contributed by atoms with Crippen LogP contribution in [0.15, 0.2) is 24.3 Å². The quantitative estimate of drug-likeness (QED) is 0.887. The van der Waals surface area contributed by atoms with Crippen molar-refractivity contribution in [3.05, 3.63) is 35.4 Å². The highest BCUT2D eigenvalue weighted by Gasteiger charge is 2.21. The number of likely N-dealkylation sites (tertiary alicyclic amines) is 1. The molecule has 2 fully saturated rings. The van der Waals surface area contributed by atoms with E-state index in [-0.39, 0.29) is 17.7 Å². The number of nitrogens with zero attached hydrogens (tertiary/aromatic N) is 1. The summed E-state index contributed by atoms with van der Waals surface area (Å²) in [6.07, 6.45) is 5.45. The van der Waals surface area contributed by atoms with E-state index in [1.165, 1.54) is 6.42 Å². The van der Waals surface area contributed by atoms with E-state index in [1.807, 2.05) is 29.2 Å². The molecule has 0 saturated carbocycles. The smallest absolute Gasteiger partial charge is 0.253 e. The van der Waals surface area contributed by atoms with Crippen LogP contribution in [0.5, 0.6) is 0 Å². The van der Waals surface area contributed by atoms with Crippen LogP contribution in [-0.2, 0) is 11.3 Å². The molecule has 0 aliphatic carbocycles. The van der Waals surface area contributed by atoms with Crippen LogP contribution in [0.25, 0.3) is 0 Å². The predicted molar refractivity (Wildman–Crippen MR) is 93.6 cm³/mol. The largest absolute Gasteiger partial charge is 0.352 e. The predicted octanol–water partition coefficient (Wildman–Crippen LogP) is 1.93. The van der Waals surface area contributed by atoms with Gasteiger partial charge in [0.05, 0.1) is 5.92 Å². The Morgan fingerprint density at radius 1 is 1.08 bits per heavy atom. The Labute approximate surface area is 143 Å². The number of amides is 2. The van der Waals surface area contributed by atoms with Gasteiger partial charge in [0.1, 0.15) is 0 Å². The topological polar surface area (TPSA) is 61.4 Å². The van der Waals surface area contributed by atoms with E-state index in [4.69, 9.17) is 0 Å². The molecule has 1 unspecified atom stereocenters. The van der Waals surface area contributed by atoms with Crippen LogP contribution in [0.2, 0.25) is 0 Å². The minimum atomic E-state index is 0.0821. The van der Waals surface area contributed by atoms with Crippen LogP contribution in [0.1, 0.15) is 48.0 Å². The summed E-state index contributed by atoms with van der Waals surface area (Å²) in [4.78, 5) is 26.5. The number of carbonyl (C=O) groups is 2. The fourth-order valence-electron chi connectivity index (χ4n) is 3.45. The lowest BCUT2D eigenvalue weighted by Crippen LogP contribution is -2.40. The SMILES string of the molecule is O=C(NCc1ccc(C(=O)N2CCCCC2)cc1)C1CCCNC1. The van der Waals surface area contributed by atoms with E-state index in [9.17, 15) is 9.59 Å². The number of benzene rings is 1. The zero-order valence-corrected chi connectivity index (χ0v) is 14.2. The van der Waals surface area contributed by atoms with Gasteiger partial charge in [0.2, 0.25) is 5.91 Å². The van der Waals surface area contributed by atoms with E-state index >= 15 is 0 Å². The second-order valence-electron chi connectivity index (χ2n) is 6.81. The molecule has 2 saturated heterocycles. The molecule has 5 nitrogen and oxygen atoms in total. The Kier molecular flexibility index (Phi) is 5.86. The van der Waals surface area contributed by atoms with Crippen molar-refractivity contribution in [1.29, 1.82) is 0 Å². The third kappa shape index (κ3) is 4.35. The van der Waals surface area contributed by atoms with Crippen LogP contribution >= 0.6 is 0 Å². The molecule has 0 radical (unpaired) electrons. The molecule has 2 N–H and O–H groups in total. The number of rotatable bonds is 4. The fraction of sp³-hybridized carbons (Fsp3) is 0.579. The molecule has 1 aromatic rings. The number of piperidine rings is 2. The average Bonchev–Trinajstić information content (AvgIpc) is 2.67. The first-order chi connectivity index (χ1) is 11.7. The molecule has 0 spiro atoms. The van der Waals surface area contributed by atoms with E-state index < -0.39 is 0 Å². The van der Waals surface area contributed by atoms with Crippen LogP contribution < -0.4 is 10.6 Å². The fourth-order valence-corrected chi connectivity index (χ4v) is 3.45. The first-order valence-electron chi connectivity index (χ1n) is 9.11. The average molecular weight is 329 g/mol. The normalized spacial score (nSPS) is 21.3. The van der Waals surface area contributed by atoms with Crippen molar-refractivity contribution < 1.29 is 9.59 Å². The van der Waals surface area contributed by atoms with Gasteiger partial charge in [-0.15, -0.1) is 0 Å². The molecular weight excluding hydrogens is 302 g/mol. The Balaban J connectivity index is 1.50. The maximum Gasteiger partial charge on any atom is 0.253 e. The second-order valence-corrected chi connectivity index (χ2v) is 6.81. The molecule has 1 atom stereocenters. The van der Waals surface area contributed by atoms with E-state index in [0.717, 1.165) is 63.0 Å². The number of hydrogen-bond donors (Lipinski definition) is 2. The van der Waals surface area contributed by atoms with Gasteiger partial charge < -0.3 is 15.5 Å². The van der Waals surface area contributed by atoms with E-state index in [2.05, 4.69) is 10.6 Å². The minimum absolute atomic E-state index is 0.0821. The summed E-state index contributed by atoms with van der Waals surface area (Å²) in [6, 6.07) is 7.63. The molecule has 2 amide bonds. The summed E-state index contributed by atoms with van der Waals surface area (Å²) in [7, 11) is 0. The van der Waals surface area contributed by atoms with E-state index in [0.29, 0.717) is 6.54 Å². The number of nitrogens with one attached hydrogen (secondary N) is 2. The number of hydrogen-bond acceptors (Lipinski definition) is 3. The van der Waals surface area contributed by atoms with Crippen molar-refractivity contribution >= 4 is 11.8 Å². The van der Waals surface area contributed by atoms with Gasteiger partial charge in [-0.05, 0) is 56.3 Å². The van der Waals surface area contributed by atoms with Crippen LogP contribution in [0.4, 0.5) is 0 Å². The van der Waals surface area contributed by atoms with Crippen molar-refractivity contribution in [2.45, 2.75) is 38.6 Å². The molecule has 2 aliphatic rings. The first-order valence-corrected chi connectivity index (χ1v) is 9.11. The second kappa shape index (κ2) is 8.29. The third-order valence-corrected chi connectivity index (χ3v) is 4.98. The first kappa shape index (κ1) is 17.0. The van der Waals surface area contributed by atoms with Crippen molar-refractivity contribution in [3.63, 3.8) is 0 Å². The molecule has 2 aliphatic heterocycles. The lowest BCUT2D eigenvalue weighted by Gasteiger charge is -2.26. The molecule has 1 aromatic carbocycles. The van der Waals surface area contributed by atoms with Gasteiger partial charge in [-0.1, -0.05) is 12.1 Å². The van der Waals surface area contributed by atoms with Crippen LogP contribution in [0, 0.1) is 5.92 Å². The molecule has 0 bridgehead atoms. The monoisotopic (exact) mass is 329 g/mol. The Morgan fingerprint density at radius 2 is 1.83 bits per heavy atom. The molecule has 130 valence electrons. The van der Waals surface area contributed by atoms with Gasteiger partial charge in [-0.3, -0.25) is 9.59 Å². The Morgan fingerprint density at radius 3 is 2.50 bits per heavy atom. The van der Waals surface area contributed by atoms with Crippen LogP contribution in [-0.4, -0.2) is 42.9 Å². The van der Waals surface area contributed by atoms with Gasteiger partial charge in [-0.2, -0.15) is 0 Å². The van der Waals surface area contributed by atoms with Gasteiger partial charge in [-0.25, -0.2) is 0 Å². The highest BCUT2D eigenvalue weighted by atomic mass is 16.2. The van der Waals surface area contributed by atoms with E-state index in [1.54, 1.807) is 0 Å². The summed E-state index contributed by atoms with van der Waals surface area (Å²) in [5.74, 6) is 0.327. The summed E-state index contributed by atoms with van der Waals surface area (Å²) in [5, 5.41) is 6.27. The van der Waals surface area contributed by atoms with Crippen molar-refractivity contribution in [2.75, 3.05) is 26.2 Å². The lowest BCUT2D eigenvalue weighted by atomic mass is 9.99. The number of carbonyl (C=O) groups excluding carboxylic acids is 2. The summed E-state index contributed by atoms with van der Waals surface area (Å²) < 4.78 is 0. The molecule has 5 heteroatoms.